The molecule has 1 saturated carbocycles. The molecule has 116 valence electrons. The molecule has 21 heavy (non-hydrogen) atoms. The summed E-state index contributed by atoms with van der Waals surface area (Å²) in [5.74, 6) is 0.724. The Kier molecular flexibility index (Phi) is 6.05. The average Bonchev–Trinajstić information content (AvgIpc) is 2.53. The molecular formula is C17H26N2O2. The van der Waals surface area contributed by atoms with Crippen molar-refractivity contribution in [2.75, 3.05) is 13.7 Å². The van der Waals surface area contributed by atoms with Crippen LogP contribution in [0.3, 0.4) is 0 Å². The zero-order valence-corrected chi connectivity index (χ0v) is 13.0. The number of ether oxygens (including phenoxy) is 1. The van der Waals surface area contributed by atoms with Gasteiger partial charge in [-0.15, -0.1) is 0 Å². The van der Waals surface area contributed by atoms with E-state index < -0.39 is 0 Å². The summed E-state index contributed by atoms with van der Waals surface area (Å²) >= 11 is 0. The Hall–Kier alpha value is -1.55. The molecule has 0 radical (unpaired) electrons. The monoisotopic (exact) mass is 290 g/mol. The maximum atomic E-state index is 11.9. The van der Waals surface area contributed by atoms with Crippen LogP contribution in [0.2, 0.25) is 0 Å². The van der Waals surface area contributed by atoms with Gasteiger partial charge < -0.3 is 15.4 Å². The van der Waals surface area contributed by atoms with Crippen molar-refractivity contribution < 1.29 is 9.53 Å². The van der Waals surface area contributed by atoms with Gasteiger partial charge in [0.2, 0.25) is 0 Å². The molecule has 0 heterocycles. The van der Waals surface area contributed by atoms with Crippen molar-refractivity contribution in [2.24, 2.45) is 0 Å². The number of carbonyl (C=O) groups is 1. The SMILES string of the molecule is CNC(C)c1cccc(OCC(=O)NC2CCCCC2)c1. The minimum absolute atomic E-state index is 0.0195. The summed E-state index contributed by atoms with van der Waals surface area (Å²) in [6, 6.07) is 8.48. The highest BCUT2D eigenvalue weighted by atomic mass is 16.5. The zero-order valence-electron chi connectivity index (χ0n) is 13.0. The Balaban J connectivity index is 1.80. The van der Waals surface area contributed by atoms with Crippen molar-refractivity contribution in [3.8, 4) is 5.75 Å². The maximum absolute atomic E-state index is 11.9. The molecule has 1 fully saturated rings. The Labute approximate surface area is 127 Å². The van der Waals surface area contributed by atoms with Gasteiger partial charge in [0.25, 0.3) is 5.91 Å². The van der Waals surface area contributed by atoms with Crippen molar-refractivity contribution in [1.82, 2.24) is 10.6 Å². The molecule has 0 spiro atoms. The lowest BCUT2D eigenvalue weighted by molar-refractivity contribution is -0.124. The van der Waals surface area contributed by atoms with Crippen LogP contribution in [-0.2, 0) is 4.79 Å². The number of benzene rings is 1. The largest absolute Gasteiger partial charge is 0.484 e. The van der Waals surface area contributed by atoms with Crippen molar-refractivity contribution in [1.29, 1.82) is 0 Å². The molecule has 1 atom stereocenters. The Bertz CT molecular complexity index is 456. The zero-order chi connectivity index (χ0) is 15.1. The van der Waals surface area contributed by atoms with Crippen molar-refractivity contribution in [3.05, 3.63) is 29.8 Å². The smallest absolute Gasteiger partial charge is 0.258 e. The third-order valence-electron chi connectivity index (χ3n) is 4.13. The highest BCUT2D eigenvalue weighted by Gasteiger charge is 2.15. The summed E-state index contributed by atoms with van der Waals surface area (Å²) in [6.45, 7) is 2.18. The summed E-state index contributed by atoms with van der Waals surface area (Å²) in [6.07, 6.45) is 5.92. The van der Waals surface area contributed by atoms with Crippen LogP contribution in [0.1, 0.15) is 50.6 Å². The molecular weight excluding hydrogens is 264 g/mol. The van der Waals surface area contributed by atoms with E-state index in [1.807, 2.05) is 25.2 Å². The molecule has 4 nitrogen and oxygen atoms in total. The predicted molar refractivity (Wildman–Crippen MR) is 84.4 cm³/mol. The fourth-order valence-corrected chi connectivity index (χ4v) is 2.71. The topological polar surface area (TPSA) is 50.4 Å². The summed E-state index contributed by atoms with van der Waals surface area (Å²) < 4.78 is 5.60. The van der Waals surface area contributed by atoms with Crippen LogP contribution < -0.4 is 15.4 Å². The van der Waals surface area contributed by atoms with Gasteiger partial charge in [-0.3, -0.25) is 4.79 Å². The fourth-order valence-electron chi connectivity index (χ4n) is 2.71. The fraction of sp³-hybridized carbons (Fsp3) is 0.588. The van der Waals surface area contributed by atoms with Crippen LogP contribution in [0.4, 0.5) is 0 Å². The third-order valence-corrected chi connectivity index (χ3v) is 4.13. The quantitative estimate of drug-likeness (QED) is 0.847. The number of nitrogens with one attached hydrogen (secondary N) is 2. The first-order chi connectivity index (χ1) is 10.2. The second kappa shape index (κ2) is 8.03. The molecule has 0 bridgehead atoms. The van der Waals surface area contributed by atoms with E-state index in [2.05, 4.69) is 23.6 Å². The first-order valence-electron chi connectivity index (χ1n) is 7.88. The Morgan fingerprint density at radius 3 is 2.81 bits per heavy atom. The van der Waals surface area contributed by atoms with E-state index in [0.29, 0.717) is 6.04 Å². The molecule has 2 rings (SSSR count). The van der Waals surface area contributed by atoms with E-state index in [9.17, 15) is 4.79 Å². The molecule has 2 N–H and O–H groups in total. The summed E-state index contributed by atoms with van der Waals surface area (Å²) in [7, 11) is 1.93. The molecule has 0 aliphatic heterocycles. The lowest BCUT2D eigenvalue weighted by atomic mass is 9.95. The van der Waals surface area contributed by atoms with Crippen LogP contribution in [0.25, 0.3) is 0 Å². The van der Waals surface area contributed by atoms with Crippen LogP contribution in [0.15, 0.2) is 24.3 Å². The lowest BCUT2D eigenvalue weighted by Crippen LogP contribution is -2.38. The first-order valence-corrected chi connectivity index (χ1v) is 7.88. The van der Waals surface area contributed by atoms with Gasteiger partial charge in [0.15, 0.2) is 6.61 Å². The van der Waals surface area contributed by atoms with Crippen molar-refractivity contribution >= 4 is 5.91 Å². The number of amides is 1. The van der Waals surface area contributed by atoms with Crippen LogP contribution in [0, 0.1) is 0 Å². The molecule has 1 amide bonds. The molecule has 1 aliphatic rings. The summed E-state index contributed by atoms with van der Waals surface area (Å²) in [5.41, 5.74) is 1.16. The average molecular weight is 290 g/mol. The first kappa shape index (κ1) is 15.8. The Morgan fingerprint density at radius 1 is 1.33 bits per heavy atom. The normalized spacial score (nSPS) is 17.2. The van der Waals surface area contributed by atoms with Crippen molar-refractivity contribution in [3.63, 3.8) is 0 Å². The predicted octanol–water partition coefficient (Wildman–Crippen LogP) is 2.79. The van der Waals surface area contributed by atoms with Crippen LogP contribution >= 0.6 is 0 Å². The minimum Gasteiger partial charge on any atom is -0.484 e. The van der Waals surface area contributed by atoms with E-state index in [1.165, 1.54) is 19.3 Å². The molecule has 1 aromatic carbocycles. The minimum atomic E-state index is -0.0195. The molecule has 1 aliphatic carbocycles. The number of carbonyl (C=O) groups excluding carboxylic acids is 1. The maximum Gasteiger partial charge on any atom is 0.258 e. The van der Waals surface area contributed by atoms with E-state index in [4.69, 9.17) is 4.74 Å². The molecule has 4 heteroatoms. The van der Waals surface area contributed by atoms with Gasteiger partial charge in [0.05, 0.1) is 0 Å². The van der Waals surface area contributed by atoms with Gasteiger partial charge in [0, 0.05) is 12.1 Å². The number of hydrogen-bond donors (Lipinski definition) is 2. The van der Waals surface area contributed by atoms with Gasteiger partial charge in [-0.1, -0.05) is 31.4 Å². The molecule has 1 aromatic rings. The highest BCUT2D eigenvalue weighted by molar-refractivity contribution is 5.77. The van der Waals surface area contributed by atoms with Crippen molar-refractivity contribution in [2.45, 2.75) is 51.1 Å². The lowest BCUT2D eigenvalue weighted by Gasteiger charge is -2.22. The molecule has 0 aromatic heterocycles. The summed E-state index contributed by atoms with van der Waals surface area (Å²) in [4.78, 5) is 11.9. The van der Waals surface area contributed by atoms with E-state index in [1.54, 1.807) is 0 Å². The van der Waals surface area contributed by atoms with Gasteiger partial charge in [-0.2, -0.15) is 0 Å². The highest BCUT2D eigenvalue weighted by Crippen LogP contribution is 2.19. The summed E-state index contributed by atoms with van der Waals surface area (Å²) in [5, 5.41) is 6.25. The van der Waals surface area contributed by atoms with Gasteiger partial charge in [-0.25, -0.2) is 0 Å². The second-order valence-corrected chi connectivity index (χ2v) is 5.77. The van der Waals surface area contributed by atoms with Gasteiger partial charge in [0.1, 0.15) is 5.75 Å². The number of hydrogen-bond acceptors (Lipinski definition) is 3. The van der Waals surface area contributed by atoms with Gasteiger partial charge in [-0.05, 0) is 44.5 Å². The van der Waals surface area contributed by atoms with E-state index in [0.717, 1.165) is 24.2 Å². The van der Waals surface area contributed by atoms with E-state index in [-0.39, 0.29) is 18.6 Å². The Morgan fingerprint density at radius 2 is 2.10 bits per heavy atom. The third kappa shape index (κ3) is 5.05. The van der Waals surface area contributed by atoms with E-state index >= 15 is 0 Å². The van der Waals surface area contributed by atoms with Crippen LogP contribution in [-0.4, -0.2) is 25.6 Å². The molecule has 0 saturated heterocycles. The molecule has 1 unspecified atom stereocenters. The second-order valence-electron chi connectivity index (χ2n) is 5.77. The number of rotatable bonds is 6. The van der Waals surface area contributed by atoms with Crippen LogP contribution in [0.5, 0.6) is 5.75 Å². The van der Waals surface area contributed by atoms with Gasteiger partial charge >= 0.3 is 0 Å². The standard InChI is InChI=1S/C17H26N2O2/c1-13(18-2)14-7-6-10-16(11-14)21-12-17(20)19-15-8-4-3-5-9-15/h6-7,10-11,13,15,18H,3-5,8-9,12H2,1-2H3,(H,19,20).